The zero-order valence-electron chi connectivity index (χ0n) is 21.4. The first-order valence-corrected chi connectivity index (χ1v) is 12.5. The first-order valence-electron chi connectivity index (χ1n) is 12.5. The maximum Gasteiger partial charge on any atom is 0.209 e. The molecule has 0 spiro atoms. The zero-order valence-corrected chi connectivity index (χ0v) is 21.4. The predicted octanol–water partition coefficient (Wildman–Crippen LogP) is 5.78. The van der Waals surface area contributed by atoms with Gasteiger partial charge in [0.05, 0.1) is 11.7 Å². The SMILES string of the molecule is Cc1c(-c2ccc(F)c(F)c2F)cccc1C(C)Nc1nnc(C)c2ccc(N3CCN(C=O)CC3)cc12. The van der Waals surface area contributed by atoms with Gasteiger partial charge in [-0.15, -0.1) is 5.10 Å². The number of fused-ring (bicyclic) bond motifs is 1. The van der Waals surface area contributed by atoms with E-state index in [0.29, 0.717) is 24.5 Å². The number of carbonyl (C=O) groups excluding carboxylic acids is 1. The van der Waals surface area contributed by atoms with E-state index in [0.717, 1.165) is 58.8 Å². The van der Waals surface area contributed by atoms with Crippen molar-refractivity contribution < 1.29 is 18.0 Å². The average Bonchev–Trinajstić information content (AvgIpc) is 2.93. The van der Waals surface area contributed by atoms with E-state index in [4.69, 9.17) is 0 Å². The number of nitrogens with zero attached hydrogens (tertiary/aromatic N) is 4. The number of anilines is 2. The fourth-order valence-corrected chi connectivity index (χ4v) is 5.10. The lowest BCUT2D eigenvalue weighted by Crippen LogP contribution is -2.45. The lowest BCUT2D eigenvalue weighted by atomic mass is 9.93. The Morgan fingerprint density at radius 1 is 0.895 bits per heavy atom. The molecule has 4 aromatic rings. The van der Waals surface area contributed by atoms with Crippen molar-refractivity contribution in [1.82, 2.24) is 15.1 Å². The molecule has 1 aliphatic heterocycles. The van der Waals surface area contributed by atoms with Crippen molar-refractivity contribution in [3.05, 3.63) is 82.8 Å². The average molecular weight is 520 g/mol. The van der Waals surface area contributed by atoms with Gasteiger partial charge in [0.15, 0.2) is 23.3 Å². The van der Waals surface area contributed by atoms with Gasteiger partial charge in [0.25, 0.3) is 0 Å². The van der Waals surface area contributed by atoms with Crippen molar-refractivity contribution in [2.45, 2.75) is 26.8 Å². The molecule has 9 heteroatoms. The van der Waals surface area contributed by atoms with Crippen molar-refractivity contribution >= 4 is 28.7 Å². The molecule has 5 rings (SSSR count). The summed E-state index contributed by atoms with van der Waals surface area (Å²) in [6.07, 6.45) is 0.887. The number of benzene rings is 3. The van der Waals surface area contributed by atoms with E-state index in [2.05, 4.69) is 32.5 Å². The van der Waals surface area contributed by atoms with Gasteiger partial charge in [-0.1, -0.05) is 24.3 Å². The summed E-state index contributed by atoms with van der Waals surface area (Å²) < 4.78 is 42.0. The minimum absolute atomic E-state index is 0.00958. The Morgan fingerprint density at radius 3 is 2.39 bits per heavy atom. The van der Waals surface area contributed by atoms with Crippen molar-refractivity contribution in [2.75, 3.05) is 36.4 Å². The van der Waals surface area contributed by atoms with Gasteiger partial charge in [-0.25, -0.2) is 13.2 Å². The van der Waals surface area contributed by atoms with Crippen LogP contribution in [0.15, 0.2) is 48.5 Å². The maximum atomic E-state index is 14.6. The minimum Gasteiger partial charge on any atom is -0.368 e. The quantitative estimate of drug-likeness (QED) is 0.258. The third-order valence-corrected chi connectivity index (χ3v) is 7.30. The number of aryl methyl sites for hydroxylation is 1. The summed E-state index contributed by atoms with van der Waals surface area (Å²) in [7, 11) is 0. The second-order valence-electron chi connectivity index (χ2n) is 9.60. The Hall–Kier alpha value is -4.14. The maximum absolute atomic E-state index is 14.6. The smallest absolute Gasteiger partial charge is 0.209 e. The molecule has 1 atom stereocenters. The second-order valence-corrected chi connectivity index (χ2v) is 9.60. The Balaban J connectivity index is 1.48. The summed E-state index contributed by atoms with van der Waals surface area (Å²) >= 11 is 0. The molecule has 1 amide bonds. The molecule has 3 aromatic carbocycles. The predicted molar refractivity (Wildman–Crippen MR) is 143 cm³/mol. The third kappa shape index (κ3) is 4.64. The van der Waals surface area contributed by atoms with Crippen LogP contribution < -0.4 is 10.2 Å². The first kappa shape index (κ1) is 25.5. The molecule has 196 valence electrons. The molecule has 1 aromatic heterocycles. The zero-order chi connectivity index (χ0) is 27.0. The van der Waals surface area contributed by atoms with Crippen LogP contribution in [0.2, 0.25) is 0 Å². The number of aromatic nitrogens is 2. The van der Waals surface area contributed by atoms with Gasteiger partial charge in [0.2, 0.25) is 6.41 Å². The van der Waals surface area contributed by atoms with Gasteiger partial charge in [0.1, 0.15) is 0 Å². The number of nitrogens with one attached hydrogen (secondary N) is 1. The number of carbonyl (C=O) groups is 1. The minimum atomic E-state index is -1.48. The lowest BCUT2D eigenvalue weighted by Gasteiger charge is -2.34. The van der Waals surface area contributed by atoms with Gasteiger partial charge in [-0.2, -0.15) is 5.10 Å². The van der Waals surface area contributed by atoms with Crippen LogP contribution in [0.1, 0.15) is 29.8 Å². The molecule has 1 N–H and O–H groups in total. The summed E-state index contributed by atoms with van der Waals surface area (Å²) in [6, 6.07) is 13.5. The van der Waals surface area contributed by atoms with E-state index in [1.165, 1.54) is 6.07 Å². The Bertz CT molecular complexity index is 1520. The Labute approximate surface area is 219 Å². The number of hydrogen-bond acceptors (Lipinski definition) is 5. The molecular weight excluding hydrogens is 491 g/mol. The van der Waals surface area contributed by atoms with Gasteiger partial charge in [-0.3, -0.25) is 4.79 Å². The molecule has 1 unspecified atom stereocenters. The number of hydrogen-bond donors (Lipinski definition) is 1. The highest BCUT2D eigenvalue weighted by atomic mass is 19.2. The summed E-state index contributed by atoms with van der Waals surface area (Å²) in [6.45, 7) is 8.54. The number of amides is 1. The Morgan fingerprint density at radius 2 is 1.66 bits per heavy atom. The highest BCUT2D eigenvalue weighted by Crippen LogP contribution is 2.35. The van der Waals surface area contributed by atoms with Gasteiger partial charge < -0.3 is 15.1 Å². The van der Waals surface area contributed by atoms with Gasteiger partial charge >= 0.3 is 0 Å². The molecule has 2 heterocycles. The van der Waals surface area contributed by atoms with Crippen molar-refractivity contribution in [1.29, 1.82) is 0 Å². The van der Waals surface area contributed by atoms with E-state index in [-0.39, 0.29) is 11.6 Å². The largest absolute Gasteiger partial charge is 0.368 e. The van der Waals surface area contributed by atoms with E-state index in [1.807, 2.05) is 32.9 Å². The number of rotatable bonds is 6. The summed E-state index contributed by atoms with van der Waals surface area (Å²) in [5, 5.41) is 14.1. The van der Waals surface area contributed by atoms with Crippen molar-refractivity contribution in [3.63, 3.8) is 0 Å². The van der Waals surface area contributed by atoms with Crippen LogP contribution in [0.4, 0.5) is 24.7 Å². The van der Waals surface area contributed by atoms with E-state index < -0.39 is 17.5 Å². The van der Waals surface area contributed by atoms with Crippen LogP contribution in [0.25, 0.3) is 21.9 Å². The van der Waals surface area contributed by atoms with Crippen molar-refractivity contribution in [2.24, 2.45) is 0 Å². The highest BCUT2D eigenvalue weighted by molar-refractivity contribution is 5.95. The normalized spacial score (nSPS) is 14.6. The highest BCUT2D eigenvalue weighted by Gasteiger charge is 2.21. The van der Waals surface area contributed by atoms with E-state index >= 15 is 0 Å². The van der Waals surface area contributed by atoms with Gasteiger partial charge in [-0.05, 0) is 61.7 Å². The summed E-state index contributed by atoms with van der Waals surface area (Å²) in [5.74, 6) is -3.30. The second kappa shape index (κ2) is 10.3. The van der Waals surface area contributed by atoms with Crippen LogP contribution in [0.5, 0.6) is 0 Å². The molecule has 1 aliphatic rings. The summed E-state index contributed by atoms with van der Waals surface area (Å²) in [5.41, 5.74) is 3.96. The Kier molecular flexibility index (Phi) is 6.93. The first-order chi connectivity index (χ1) is 18.3. The molecule has 1 fully saturated rings. The van der Waals surface area contributed by atoms with Crippen LogP contribution >= 0.6 is 0 Å². The molecule has 0 aliphatic carbocycles. The molecular formula is C29H28F3N5O. The molecule has 38 heavy (non-hydrogen) atoms. The topological polar surface area (TPSA) is 61.4 Å². The summed E-state index contributed by atoms with van der Waals surface area (Å²) in [4.78, 5) is 15.1. The van der Waals surface area contributed by atoms with Gasteiger partial charge in [0, 0.05) is 48.2 Å². The molecule has 6 nitrogen and oxygen atoms in total. The fraction of sp³-hybridized carbons (Fsp3) is 0.276. The molecule has 0 radical (unpaired) electrons. The standard InChI is InChI=1S/C29H28F3N5O/c1-17-21(5-4-6-22(17)24-9-10-26(30)28(32)27(24)31)18(2)33-29-25-15-20(7-8-23(25)19(3)34-35-29)37-13-11-36(16-38)12-14-37/h4-10,15-16,18H,11-14H2,1-3H3,(H,33,35). The number of halogens is 3. The van der Waals surface area contributed by atoms with Crippen LogP contribution in [0, 0.1) is 31.3 Å². The van der Waals surface area contributed by atoms with E-state index in [9.17, 15) is 18.0 Å². The molecule has 1 saturated heterocycles. The van der Waals surface area contributed by atoms with E-state index in [1.54, 1.807) is 17.0 Å². The molecule has 0 bridgehead atoms. The number of piperazine rings is 1. The molecule has 0 saturated carbocycles. The van der Waals surface area contributed by atoms with Crippen LogP contribution in [0.3, 0.4) is 0 Å². The van der Waals surface area contributed by atoms with Crippen LogP contribution in [-0.2, 0) is 4.79 Å². The fourth-order valence-electron chi connectivity index (χ4n) is 5.10. The monoisotopic (exact) mass is 519 g/mol. The lowest BCUT2D eigenvalue weighted by molar-refractivity contribution is -0.118. The third-order valence-electron chi connectivity index (χ3n) is 7.30. The van der Waals surface area contributed by atoms with Crippen LogP contribution in [-0.4, -0.2) is 47.7 Å². The van der Waals surface area contributed by atoms with Crippen molar-refractivity contribution in [3.8, 4) is 11.1 Å².